The van der Waals surface area contributed by atoms with Gasteiger partial charge in [0.25, 0.3) is 0 Å². The maximum absolute atomic E-state index is 5.33. The maximum atomic E-state index is 5.33. The molecule has 0 bridgehead atoms. The molecule has 19 heavy (non-hydrogen) atoms. The van der Waals surface area contributed by atoms with Crippen LogP contribution in [0.15, 0.2) is 42.7 Å². The van der Waals surface area contributed by atoms with E-state index in [2.05, 4.69) is 35.3 Å². The van der Waals surface area contributed by atoms with Crippen molar-refractivity contribution in [1.29, 1.82) is 0 Å². The molecule has 2 aliphatic carbocycles. The van der Waals surface area contributed by atoms with E-state index < -0.39 is 0 Å². The lowest BCUT2D eigenvalue weighted by atomic mass is 9.91. The van der Waals surface area contributed by atoms with E-state index >= 15 is 0 Å². The van der Waals surface area contributed by atoms with Crippen molar-refractivity contribution in [2.75, 3.05) is 7.11 Å². The Balaban J connectivity index is 1.69. The van der Waals surface area contributed by atoms with E-state index in [0.29, 0.717) is 5.92 Å². The first-order chi connectivity index (χ1) is 9.38. The summed E-state index contributed by atoms with van der Waals surface area (Å²) < 4.78 is 5.33. The van der Waals surface area contributed by atoms with Crippen LogP contribution in [0.1, 0.15) is 34.9 Å². The van der Waals surface area contributed by atoms with Crippen molar-refractivity contribution < 1.29 is 4.74 Å². The van der Waals surface area contributed by atoms with E-state index in [-0.39, 0.29) is 0 Å². The molecule has 2 nitrogen and oxygen atoms in total. The molecule has 3 atom stereocenters. The van der Waals surface area contributed by atoms with Gasteiger partial charge in [-0.05, 0) is 71.6 Å². The maximum Gasteiger partial charge on any atom is 0.119 e. The van der Waals surface area contributed by atoms with Gasteiger partial charge in [-0.15, -0.1) is 0 Å². The minimum atomic E-state index is 0.706. The number of aryl methyl sites for hydroxylation is 1. The van der Waals surface area contributed by atoms with Gasteiger partial charge in [0.2, 0.25) is 0 Å². The Morgan fingerprint density at radius 1 is 1.11 bits per heavy atom. The van der Waals surface area contributed by atoms with Crippen LogP contribution in [0.2, 0.25) is 0 Å². The summed E-state index contributed by atoms with van der Waals surface area (Å²) in [6.07, 6.45) is 6.32. The van der Waals surface area contributed by atoms with Crippen LogP contribution in [0, 0.1) is 5.92 Å². The van der Waals surface area contributed by atoms with Crippen LogP contribution in [0.4, 0.5) is 0 Å². The van der Waals surface area contributed by atoms with Gasteiger partial charge in [-0.3, -0.25) is 4.98 Å². The number of hydrogen-bond acceptors (Lipinski definition) is 2. The third-order valence-corrected chi connectivity index (χ3v) is 4.72. The van der Waals surface area contributed by atoms with Crippen molar-refractivity contribution in [3.05, 3.63) is 59.4 Å². The van der Waals surface area contributed by atoms with Crippen LogP contribution in [0.5, 0.6) is 5.75 Å². The predicted octanol–water partition coefficient (Wildman–Crippen LogP) is 3.53. The number of rotatable bonds is 2. The number of pyridine rings is 1. The fraction of sp³-hybridized carbons (Fsp3) is 0.353. The van der Waals surface area contributed by atoms with Crippen LogP contribution < -0.4 is 4.74 Å². The highest BCUT2D eigenvalue weighted by atomic mass is 16.5. The zero-order valence-corrected chi connectivity index (χ0v) is 11.0. The smallest absolute Gasteiger partial charge is 0.119 e. The quantitative estimate of drug-likeness (QED) is 0.814. The van der Waals surface area contributed by atoms with Crippen LogP contribution in [-0.4, -0.2) is 12.1 Å². The molecule has 3 unspecified atom stereocenters. The summed E-state index contributed by atoms with van der Waals surface area (Å²) in [6.45, 7) is 0. The highest BCUT2D eigenvalue weighted by Crippen LogP contribution is 2.65. The summed E-state index contributed by atoms with van der Waals surface area (Å²) in [7, 11) is 1.74. The molecule has 0 saturated heterocycles. The summed E-state index contributed by atoms with van der Waals surface area (Å²) in [5.74, 6) is 3.25. The van der Waals surface area contributed by atoms with Crippen LogP contribution >= 0.6 is 0 Å². The Hall–Kier alpha value is -1.83. The summed E-state index contributed by atoms with van der Waals surface area (Å²) in [6, 6.07) is 10.9. The van der Waals surface area contributed by atoms with Gasteiger partial charge in [0.15, 0.2) is 0 Å². The Morgan fingerprint density at radius 2 is 1.95 bits per heavy atom. The van der Waals surface area contributed by atoms with Crippen molar-refractivity contribution in [2.24, 2.45) is 5.92 Å². The van der Waals surface area contributed by atoms with E-state index in [1.165, 1.54) is 24.0 Å². The van der Waals surface area contributed by atoms with Gasteiger partial charge in [-0.1, -0.05) is 6.07 Å². The first-order valence-electron chi connectivity index (χ1n) is 6.95. The molecule has 2 heteroatoms. The van der Waals surface area contributed by atoms with Crippen LogP contribution in [0.25, 0.3) is 0 Å². The summed E-state index contributed by atoms with van der Waals surface area (Å²) in [4.78, 5) is 4.12. The first kappa shape index (κ1) is 11.0. The lowest BCUT2D eigenvalue weighted by Crippen LogP contribution is -2.01. The molecule has 1 aromatic heterocycles. The molecule has 1 heterocycles. The van der Waals surface area contributed by atoms with Crippen LogP contribution in [0.3, 0.4) is 0 Å². The average molecular weight is 251 g/mol. The molecule has 0 aliphatic heterocycles. The molecule has 0 spiro atoms. The minimum Gasteiger partial charge on any atom is -0.497 e. The molecule has 4 rings (SSSR count). The van der Waals surface area contributed by atoms with Gasteiger partial charge in [0, 0.05) is 12.4 Å². The fourth-order valence-electron chi connectivity index (χ4n) is 3.77. The average Bonchev–Trinajstić information content (AvgIpc) is 3.22. The van der Waals surface area contributed by atoms with Crippen molar-refractivity contribution in [3.8, 4) is 5.75 Å². The zero-order chi connectivity index (χ0) is 12.8. The fourth-order valence-corrected chi connectivity index (χ4v) is 3.77. The van der Waals surface area contributed by atoms with Crippen molar-refractivity contribution in [3.63, 3.8) is 0 Å². The second-order valence-corrected chi connectivity index (χ2v) is 5.60. The van der Waals surface area contributed by atoms with E-state index in [1.807, 2.05) is 12.4 Å². The van der Waals surface area contributed by atoms with E-state index in [1.54, 1.807) is 12.7 Å². The third-order valence-electron chi connectivity index (χ3n) is 4.72. The largest absolute Gasteiger partial charge is 0.497 e. The number of hydrogen-bond donors (Lipinski definition) is 0. The molecule has 0 radical (unpaired) electrons. The molecule has 2 aromatic rings. The number of aromatic nitrogens is 1. The lowest BCUT2D eigenvalue weighted by molar-refractivity contribution is 0.413. The van der Waals surface area contributed by atoms with Crippen molar-refractivity contribution in [2.45, 2.75) is 24.7 Å². The normalized spacial score (nSPS) is 27.3. The van der Waals surface area contributed by atoms with Gasteiger partial charge >= 0.3 is 0 Å². The van der Waals surface area contributed by atoms with E-state index in [4.69, 9.17) is 4.74 Å². The summed E-state index contributed by atoms with van der Waals surface area (Å²) >= 11 is 0. The Kier molecular flexibility index (Phi) is 2.37. The molecular formula is C17H17NO. The highest BCUT2D eigenvalue weighted by Gasteiger charge is 2.53. The topological polar surface area (TPSA) is 22.1 Å². The Labute approximate surface area is 113 Å². The summed E-state index contributed by atoms with van der Waals surface area (Å²) in [5.41, 5.74) is 4.48. The third kappa shape index (κ3) is 1.66. The predicted molar refractivity (Wildman–Crippen MR) is 74.5 cm³/mol. The molecule has 0 amide bonds. The van der Waals surface area contributed by atoms with Gasteiger partial charge in [-0.2, -0.15) is 0 Å². The molecule has 1 saturated carbocycles. The van der Waals surface area contributed by atoms with Gasteiger partial charge in [0.05, 0.1) is 7.11 Å². The highest BCUT2D eigenvalue weighted by molar-refractivity contribution is 5.47. The number of ether oxygens (including phenoxy) is 1. The van der Waals surface area contributed by atoms with Gasteiger partial charge in [-0.25, -0.2) is 0 Å². The second-order valence-electron chi connectivity index (χ2n) is 5.60. The second kappa shape index (κ2) is 4.09. The number of benzene rings is 1. The molecule has 96 valence electrons. The molecular weight excluding hydrogens is 234 g/mol. The molecule has 1 aromatic carbocycles. The number of fused-ring (bicyclic) bond motifs is 3. The van der Waals surface area contributed by atoms with Crippen LogP contribution in [-0.2, 0) is 6.42 Å². The molecule has 1 fully saturated rings. The number of nitrogens with zero attached hydrogens (tertiary/aromatic N) is 1. The van der Waals surface area contributed by atoms with Gasteiger partial charge < -0.3 is 4.74 Å². The van der Waals surface area contributed by atoms with E-state index in [0.717, 1.165) is 17.6 Å². The lowest BCUT2D eigenvalue weighted by Gasteiger charge is -2.15. The van der Waals surface area contributed by atoms with Gasteiger partial charge in [0.1, 0.15) is 5.75 Å². The Morgan fingerprint density at radius 3 is 2.74 bits per heavy atom. The summed E-state index contributed by atoms with van der Waals surface area (Å²) in [5, 5.41) is 0. The Bertz CT molecular complexity index is 608. The van der Waals surface area contributed by atoms with E-state index in [9.17, 15) is 0 Å². The molecule has 0 N–H and O–H groups in total. The van der Waals surface area contributed by atoms with Crippen molar-refractivity contribution in [1.82, 2.24) is 4.98 Å². The van der Waals surface area contributed by atoms with Crippen molar-refractivity contribution >= 4 is 0 Å². The molecule has 2 aliphatic rings. The number of methoxy groups -OCH3 is 1. The standard InChI is InChI=1S/C17H17NO/c1-19-13-3-5-14-12(10-13)2-4-15-16(17(14)15)11-6-8-18-9-7-11/h3,5-10,15-17H,2,4H2,1H3. The first-order valence-corrected chi connectivity index (χ1v) is 6.95. The monoisotopic (exact) mass is 251 g/mol. The minimum absolute atomic E-state index is 0.706. The zero-order valence-electron chi connectivity index (χ0n) is 11.0. The SMILES string of the molecule is COc1ccc2c(c1)CCC1C(c3ccncc3)C21.